The molecule has 0 radical (unpaired) electrons. The number of nitrogens with zero attached hydrogens (tertiary/aromatic N) is 2. The van der Waals surface area contributed by atoms with Crippen LogP contribution in [0.5, 0.6) is 5.75 Å². The molecule has 1 aliphatic heterocycles. The van der Waals surface area contributed by atoms with Gasteiger partial charge in [-0.15, -0.1) is 0 Å². The number of halogens is 1. The molecule has 1 aromatic heterocycles. The van der Waals surface area contributed by atoms with Gasteiger partial charge in [-0.05, 0) is 43.3 Å². The molecular weight excluding hydrogens is 386 g/mol. The maximum Gasteiger partial charge on any atom is 0.325 e. The minimum absolute atomic E-state index is 0.258. The molecule has 148 valence electrons. The number of hydrogen-bond acceptors (Lipinski definition) is 5. The lowest BCUT2D eigenvalue weighted by molar-refractivity contribution is -0.138. The number of benzene rings is 1. The molecule has 28 heavy (non-hydrogen) atoms. The second kappa shape index (κ2) is 7.93. The van der Waals surface area contributed by atoms with Crippen molar-refractivity contribution < 1.29 is 23.5 Å². The first-order valence-electron chi connectivity index (χ1n) is 8.61. The van der Waals surface area contributed by atoms with Crippen LogP contribution in [0, 0.1) is 0 Å². The highest BCUT2D eigenvalue weighted by atomic mass is 35.5. The highest BCUT2D eigenvalue weighted by Gasteiger charge is 2.51. The Kier molecular flexibility index (Phi) is 5.60. The summed E-state index contributed by atoms with van der Waals surface area (Å²) in [6.07, 6.45) is 1.42. The lowest BCUT2D eigenvalue weighted by atomic mass is 9.99. The van der Waals surface area contributed by atoms with Gasteiger partial charge in [0.1, 0.15) is 24.7 Å². The topological polar surface area (TPSA) is 92.1 Å². The number of carbonyl (C=O) groups excluding carboxylic acids is 3. The summed E-state index contributed by atoms with van der Waals surface area (Å²) in [7, 11) is 1.58. The summed E-state index contributed by atoms with van der Waals surface area (Å²) >= 11 is 5.82. The number of hydrogen-bond donors (Lipinski definition) is 1. The van der Waals surface area contributed by atoms with E-state index in [0.717, 1.165) is 4.90 Å². The molecule has 1 aromatic carbocycles. The van der Waals surface area contributed by atoms with Gasteiger partial charge in [0.05, 0.1) is 12.8 Å². The Morgan fingerprint density at radius 3 is 2.64 bits per heavy atom. The molecule has 1 aliphatic rings. The van der Waals surface area contributed by atoms with E-state index in [1.165, 1.54) is 11.2 Å². The number of imide groups is 1. The quantitative estimate of drug-likeness (QED) is 0.713. The highest BCUT2D eigenvalue weighted by Crippen LogP contribution is 2.28. The molecule has 0 bridgehead atoms. The number of nitrogens with one attached hydrogen (secondary N) is 1. The van der Waals surface area contributed by atoms with Gasteiger partial charge in [-0.1, -0.05) is 11.6 Å². The van der Waals surface area contributed by atoms with E-state index in [1.54, 1.807) is 50.4 Å². The zero-order valence-corrected chi connectivity index (χ0v) is 16.2. The van der Waals surface area contributed by atoms with Gasteiger partial charge in [0.25, 0.3) is 5.91 Å². The predicted molar refractivity (Wildman–Crippen MR) is 101 cm³/mol. The van der Waals surface area contributed by atoms with E-state index in [9.17, 15) is 14.4 Å². The summed E-state index contributed by atoms with van der Waals surface area (Å²) < 4.78 is 10.8. The van der Waals surface area contributed by atoms with Crippen molar-refractivity contribution in [1.82, 2.24) is 15.1 Å². The van der Waals surface area contributed by atoms with Gasteiger partial charge in [-0.2, -0.15) is 0 Å². The van der Waals surface area contributed by atoms with E-state index in [-0.39, 0.29) is 19.1 Å². The third kappa shape index (κ3) is 3.96. The maximum absolute atomic E-state index is 12.7. The first kappa shape index (κ1) is 19.8. The van der Waals surface area contributed by atoms with Crippen LogP contribution < -0.4 is 10.1 Å². The van der Waals surface area contributed by atoms with E-state index in [4.69, 9.17) is 20.8 Å². The van der Waals surface area contributed by atoms with Crippen LogP contribution in [-0.4, -0.2) is 54.4 Å². The van der Waals surface area contributed by atoms with Crippen LogP contribution in [0.25, 0.3) is 0 Å². The molecule has 0 aliphatic carbocycles. The summed E-state index contributed by atoms with van der Waals surface area (Å²) in [4.78, 5) is 39.6. The summed E-state index contributed by atoms with van der Waals surface area (Å²) in [6, 6.07) is 9.47. The van der Waals surface area contributed by atoms with Gasteiger partial charge in [0.15, 0.2) is 5.54 Å². The van der Waals surface area contributed by atoms with E-state index in [2.05, 4.69) is 5.32 Å². The number of likely N-dealkylation sites (N-methyl/N-ethyl adjacent to an activating group) is 1. The lowest BCUT2D eigenvalue weighted by Crippen LogP contribution is -2.44. The first-order chi connectivity index (χ1) is 13.3. The van der Waals surface area contributed by atoms with Crippen LogP contribution in [-0.2, 0) is 15.1 Å². The van der Waals surface area contributed by atoms with Crippen molar-refractivity contribution >= 4 is 29.4 Å². The monoisotopic (exact) mass is 405 g/mol. The molecule has 0 saturated carbocycles. The first-order valence-corrected chi connectivity index (χ1v) is 8.99. The average molecular weight is 406 g/mol. The fraction of sp³-hybridized carbons (Fsp3) is 0.316. The maximum atomic E-state index is 12.7. The molecule has 1 fully saturated rings. The number of amides is 4. The van der Waals surface area contributed by atoms with Gasteiger partial charge < -0.3 is 19.4 Å². The molecule has 0 spiro atoms. The van der Waals surface area contributed by atoms with Crippen LogP contribution in [0.2, 0.25) is 5.02 Å². The molecule has 1 N–H and O–H groups in total. The molecule has 2 aromatic rings. The van der Waals surface area contributed by atoms with Gasteiger partial charge in [-0.25, -0.2) is 4.79 Å². The molecular formula is C19H20ClN3O5. The fourth-order valence-electron chi connectivity index (χ4n) is 2.78. The van der Waals surface area contributed by atoms with Gasteiger partial charge in [-0.3, -0.25) is 14.5 Å². The van der Waals surface area contributed by atoms with Crippen LogP contribution >= 0.6 is 11.6 Å². The van der Waals surface area contributed by atoms with Crippen molar-refractivity contribution in [1.29, 1.82) is 0 Å². The third-order valence-corrected chi connectivity index (χ3v) is 4.77. The van der Waals surface area contributed by atoms with Crippen molar-refractivity contribution in [3.05, 3.63) is 53.4 Å². The second-order valence-corrected chi connectivity index (χ2v) is 6.98. The molecule has 9 heteroatoms. The highest BCUT2D eigenvalue weighted by molar-refractivity contribution is 6.30. The minimum atomic E-state index is -1.32. The van der Waals surface area contributed by atoms with E-state index < -0.39 is 17.5 Å². The smallest absolute Gasteiger partial charge is 0.325 e. The Morgan fingerprint density at radius 2 is 2.00 bits per heavy atom. The van der Waals surface area contributed by atoms with E-state index >= 15 is 0 Å². The van der Waals surface area contributed by atoms with Crippen LogP contribution in [0.3, 0.4) is 0 Å². The van der Waals surface area contributed by atoms with Crippen molar-refractivity contribution in [3.8, 4) is 5.75 Å². The molecule has 1 atom stereocenters. The zero-order valence-electron chi connectivity index (χ0n) is 15.5. The number of ether oxygens (including phenoxy) is 1. The standard InChI is InChI=1S/C19H20ClN3O5/c1-19(15-4-3-10-28-15)17(25)23(18(26)21-19)12-16(24)22(2)9-11-27-14-7-5-13(20)6-8-14/h3-8,10H,9,11-12H2,1-2H3,(H,21,26). The summed E-state index contributed by atoms with van der Waals surface area (Å²) in [5, 5.41) is 3.19. The SMILES string of the molecule is CN(CCOc1ccc(Cl)cc1)C(=O)CN1C(=O)NC(C)(c2ccco2)C1=O. The van der Waals surface area contributed by atoms with Crippen LogP contribution in [0.15, 0.2) is 47.1 Å². The van der Waals surface area contributed by atoms with E-state index in [1.807, 2.05) is 0 Å². The summed E-state index contributed by atoms with van der Waals surface area (Å²) in [5.74, 6) is 0.0256. The third-order valence-electron chi connectivity index (χ3n) is 4.52. The summed E-state index contributed by atoms with van der Waals surface area (Å²) in [6.45, 7) is 1.73. The van der Waals surface area contributed by atoms with Gasteiger partial charge >= 0.3 is 6.03 Å². The Bertz CT molecular complexity index is 868. The van der Waals surface area contributed by atoms with Crippen LogP contribution in [0.4, 0.5) is 4.79 Å². The number of carbonyl (C=O) groups is 3. The number of urea groups is 1. The molecule has 3 rings (SSSR count). The molecule has 2 heterocycles. The number of rotatable bonds is 7. The van der Waals surface area contributed by atoms with Crippen molar-refractivity contribution in [2.45, 2.75) is 12.5 Å². The predicted octanol–water partition coefficient (Wildman–Crippen LogP) is 2.24. The van der Waals surface area contributed by atoms with Crippen LogP contribution in [0.1, 0.15) is 12.7 Å². The summed E-state index contributed by atoms with van der Waals surface area (Å²) in [5.41, 5.74) is -1.32. The second-order valence-electron chi connectivity index (χ2n) is 6.54. The lowest BCUT2D eigenvalue weighted by Gasteiger charge is -2.21. The zero-order chi connectivity index (χ0) is 20.3. The van der Waals surface area contributed by atoms with E-state index in [0.29, 0.717) is 23.1 Å². The number of furan rings is 1. The fourth-order valence-corrected chi connectivity index (χ4v) is 2.91. The van der Waals surface area contributed by atoms with Gasteiger partial charge in [0.2, 0.25) is 5.91 Å². The largest absolute Gasteiger partial charge is 0.492 e. The molecule has 4 amide bonds. The molecule has 1 saturated heterocycles. The molecule has 8 nitrogen and oxygen atoms in total. The van der Waals surface area contributed by atoms with Crippen molar-refractivity contribution in [2.75, 3.05) is 26.7 Å². The average Bonchev–Trinajstić information content (AvgIpc) is 3.28. The Morgan fingerprint density at radius 1 is 1.29 bits per heavy atom. The van der Waals surface area contributed by atoms with Crippen molar-refractivity contribution in [2.24, 2.45) is 0 Å². The van der Waals surface area contributed by atoms with Gasteiger partial charge in [0, 0.05) is 12.1 Å². The molecule has 1 unspecified atom stereocenters. The minimum Gasteiger partial charge on any atom is -0.492 e. The Hall–Kier alpha value is -3.00. The Labute approximate surface area is 167 Å². The normalized spacial score (nSPS) is 18.9. The Balaban J connectivity index is 1.54. The van der Waals surface area contributed by atoms with Crippen molar-refractivity contribution in [3.63, 3.8) is 0 Å².